The normalized spacial score (nSPS) is 18.9. The number of nitrogens with zero attached hydrogens (tertiary/aromatic N) is 3. The molecular formula is C29H34F3N5O5S. The number of carboxylic acid groups (broad SMARTS) is 1. The Morgan fingerprint density at radius 3 is 2.56 bits per heavy atom. The van der Waals surface area contributed by atoms with Crippen LogP contribution >= 0.6 is 0 Å². The highest BCUT2D eigenvalue weighted by Gasteiger charge is 2.37. The van der Waals surface area contributed by atoms with E-state index in [2.05, 4.69) is 20.3 Å². The summed E-state index contributed by atoms with van der Waals surface area (Å²) < 4.78 is 70.0. The van der Waals surface area contributed by atoms with E-state index in [9.17, 15) is 18.0 Å². The molecule has 0 aliphatic carbocycles. The predicted octanol–water partition coefficient (Wildman–Crippen LogP) is 5.18. The summed E-state index contributed by atoms with van der Waals surface area (Å²) in [6.45, 7) is 2.21. The van der Waals surface area contributed by atoms with Crippen LogP contribution in [0.5, 0.6) is 0 Å². The zero-order chi connectivity index (χ0) is 30.9. The van der Waals surface area contributed by atoms with E-state index < -0.39 is 45.7 Å². The number of sulfone groups is 1. The number of nitrogens with one attached hydrogen (secondary N) is 2. The number of pyridine rings is 1. The van der Waals surface area contributed by atoms with E-state index in [0.29, 0.717) is 49.7 Å². The highest BCUT2D eigenvalue weighted by molar-refractivity contribution is 7.91. The molecule has 0 bridgehead atoms. The zero-order valence-electron chi connectivity index (χ0n) is 23.7. The van der Waals surface area contributed by atoms with Crippen molar-refractivity contribution in [3.05, 3.63) is 63.5 Å². The number of piperidine rings is 1. The van der Waals surface area contributed by atoms with Gasteiger partial charge in [0.05, 0.1) is 28.5 Å². The topological polar surface area (TPSA) is 145 Å². The maximum Gasteiger partial charge on any atom is 0.407 e. The molecule has 14 heteroatoms. The van der Waals surface area contributed by atoms with Crippen LogP contribution in [0, 0.1) is 11.7 Å². The number of H-pyrrole nitrogens is 1. The highest BCUT2D eigenvalue weighted by atomic mass is 32.2. The van der Waals surface area contributed by atoms with Gasteiger partial charge in [0.2, 0.25) is 0 Å². The number of anilines is 1. The summed E-state index contributed by atoms with van der Waals surface area (Å²) in [6, 6.07) is 4.72. The van der Waals surface area contributed by atoms with E-state index in [1.165, 1.54) is 23.4 Å². The second-order valence-electron chi connectivity index (χ2n) is 11.5. The average Bonchev–Trinajstić information content (AvgIpc) is 2.96. The van der Waals surface area contributed by atoms with E-state index in [4.69, 9.17) is 5.11 Å². The lowest BCUT2D eigenvalue weighted by Crippen LogP contribution is -2.37. The summed E-state index contributed by atoms with van der Waals surface area (Å²) in [5, 5.41) is 12.6. The molecular weight excluding hydrogens is 587 g/mol. The third-order valence-electron chi connectivity index (χ3n) is 8.67. The number of amides is 1. The Hall–Kier alpha value is -3.68. The van der Waals surface area contributed by atoms with E-state index in [1.807, 2.05) is 0 Å². The summed E-state index contributed by atoms with van der Waals surface area (Å²) in [5.41, 5.74) is -0.414. The molecule has 2 saturated heterocycles. The maximum atomic E-state index is 15.6. The molecule has 0 radical (unpaired) electrons. The van der Waals surface area contributed by atoms with Gasteiger partial charge in [-0.25, -0.2) is 36.4 Å². The van der Waals surface area contributed by atoms with E-state index >= 15 is 13.2 Å². The van der Waals surface area contributed by atoms with E-state index in [1.54, 1.807) is 13.0 Å². The van der Waals surface area contributed by atoms with E-state index in [-0.39, 0.29) is 52.4 Å². The van der Waals surface area contributed by atoms with Crippen LogP contribution in [-0.4, -0.2) is 64.1 Å². The molecule has 10 nitrogen and oxygen atoms in total. The Bertz CT molecular complexity index is 1660. The molecule has 0 spiro atoms. The molecule has 5 rings (SSSR count). The summed E-state index contributed by atoms with van der Waals surface area (Å²) >= 11 is 0. The Morgan fingerprint density at radius 1 is 1.19 bits per heavy atom. The van der Waals surface area contributed by atoms with Crippen molar-refractivity contribution in [2.24, 2.45) is 5.92 Å². The van der Waals surface area contributed by atoms with Gasteiger partial charge in [-0.05, 0) is 56.9 Å². The smallest absolute Gasteiger partial charge is 0.407 e. The van der Waals surface area contributed by atoms with Gasteiger partial charge in [-0.3, -0.25) is 4.79 Å². The average molecular weight is 622 g/mol. The standard InChI is InChI=1S/C29H34F3N5O5S/c1-17(20-3-2-4-23(24(20)30)29(31,32)10-5-18-6-11-37(12-7-18)28(39)40)35-25-22-15-21(19-8-13-43(41,42)14-9-19)27(38)36-26(22)34-16-33-25/h2-4,15-19H,5-14H2,1H3,(H,39,40)(H2,33,34,35,36,38). The Labute approximate surface area is 246 Å². The number of rotatable bonds is 8. The van der Waals surface area contributed by atoms with Crippen molar-refractivity contribution in [2.75, 3.05) is 29.9 Å². The number of likely N-dealkylation sites (tertiary alicyclic amines) is 1. The molecule has 0 saturated carbocycles. The van der Waals surface area contributed by atoms with Crippen LogP contribution in [0.25, 0.3) is 11.0 Å². The van der Waals surface area contributed by atoms with Crippen molar-refractivity contribution in [1.82, 2.24) is 19.9 Å². The van der Waals surface area contributed by atoms with Crippen LogP contribution in [0.1, 0.15) is 74.1 Å². The van der Waals surface area contributed by atoms with Crippen LogP contribution < -0.4 is 10.9 Å². The van der Waals surface area contributed by atoms with Crippen molar-refractivity contribution in [2.45, 2.75) is 63.3 Å². The summed E-state index contributed by atoms with van der Waals surface area (Å²) in [6.07, 6.45) is 1.42. The molecule has 2 aliphatic rings. The number of alkyl halides is 2. The number of hydrogen-bond donors (Lipinski definition) is 3. The first-order valence-corrected chi connectivity index (χ1v) is 16.2. The molecule has 1 unspecified atom stereocenters. The molecule has 3 N–H and O–H groups in total. The Kier molecular flexibility index (Phi) is 8.68. The fourth-order valence-corrected chi connectivity index (χ4v) is 7.53. The number of carbonyl (C=O) groups is 1. The van der Waals surface area contributed by atoms with Gasteiger partial charge in [0.25, 0.3) is 11.5 Å². The third-order valence-corrected chi connectivity index (χ3v) is 10.4. The van der Waals surface area contributed by atoms with Gasteiger partial charge >= 0.3 is 6.09 Å². The molecule has 2 aromatic heterocycles. The van der Waals surface area contributed by atoms with Crippen molar-refractivity contribution in [3.8, 4) is 0 Å². The van der Waals surface area contributed by atoms with Gasteiger partial charge in [-0.15, -0.1) is 0 Å². The monoisotopic (exact) mass is 621 g/mol. The maximum absolute atomic E-state index is 15.6. The van der Waals surface area contributed by atoms with Crippen LogP contribution in [0.2, 0.25) is 0 Å². The molecule has 43 heavy (non-hydrogen) atoms. The number of benzene rings is 1. The van der Waals surface area contributed by atoms with Gasteiger partial charge in [0.1, 0.15) is 33.4 Å². The number of hydrogen-bond acceptors (Lipinski definition) is 7. The number of aromatic amines is 1. The fourth-order valence-electron chi connectivity index (χ4n) is 6.03. The minimum absolute atomic E-state index is 0.00713. The zero-order valence-corrected chi connectivity index (χ0v) is 24.5. The molecule has 232 valence electrons. The summed E-state index contributed by atoms with van der Waals surface area (Å²) in [7, 11) is -3.13. The largest absolute Gasteiger partial charge is 0.465 e. The van der Waals surface area contributed by atoms with Gasteiger partial charge in [-0.2, -0.15) is 0 Å². The number of halogens is 3. The van der Waals surface area contributed by atoms with Gasteiger partial charge < -0.3 is 20.3 Å². The Balaban J connectivity index is 1.33. The van der Waals surface area contributed by atoms with Gasteiger partial charge in [0.15, 0.2) is 0 Å². The molecule has 2 fully saturated rings. The lowest BCUT2D eigenvalue weighted by Gasteiger charge is -2.31. The summed E-state index contributed by atoms with van der Waals surface area (Å²) in [5.74, 6) is -4.52. The van der Waals surface area contributed by atoms with Crippen LogP contribution in [0.3, 0.4) is 0 Å². The van der Waals surface area contributed by atoms with Crippen LogP contribution in [0.4, 0.5) is 23.8 Å². The molecule has 1 amide bonds. The Morgan fingerprint density at radius 2 is 1.88 bits per heavy atom. The number of fused-ring (bicyclic) bond motifs is 1. The lowest BCUT2D eigenvalue weighted by atomic mass is 9.89. The first kappa shape index (κ1) is 30.8. The second-order valence-corrected chi connectivity index (χ2v) is 13.8. The summed E-state index contributed by atoms with van der Waals surface area (Å²) in [4.78, 5) is 36.3. The predicted molar refractivity (Wildman–Crippen MR) is 155 cm³/mol. The molecule has 4 heterocycles. The second kappa shape index (κ2) is 12.1. The highest BCUT2D eigenvalue weighted by Crippen LogP contribution is 2.39. The lowest BCUT2D eigenvalue weighted by molar-refractivity contribution is -0.0248. The van der Waals surface area contributed by atoms with Crippen molar-refractivity contribution < 1.29 is 31.5 Å². The molecule has 2 aliphatic heterocycles. The minimum Gasteiger partial charge on any atom is -0.465 e. The van der Waals surface area contributed by atoms with Crippen LogP contribution in [-0.2, 0) is 15.8 Å². The minimum atomic E-state index is -3.42. The first-order chi connectivity index (χ1) is 20.3. The molecule has 1 atom stereocenters. The fraction of sp³-hybridized carbons (Fsp3) is 0.517. The van der Waals surface area contributed by atoms with Crippen molar-refractivity contribution >= 4 is 32.8 Å². The van der Waals surface area contributed by atoms with Gasteiger partial charge in [0, 0.05) is 30.6 Å². The van der Waals surface area contributed by atoms with Gasteiger partial charge in [-0.1, -0.05) is 18.2 Å². The first-order valence-electron chi connectivity index (χ1n) is 14.3. The molecule has 1 aromatic carbocycles. The third kappa shape index (κ3) is 6.78. The van der Waals surface area contributed by atoms with Crippen LogP contribution in [0.15, 0.2) is 35.4 Å². The number of aromatic nitrogens is 3. The SMILES string of the molecule is CC(Nc1ncnc2[nH]c(=O)c(C3CCS(=O)(=O)CC3)cc12)c1cccc(C(F)(F)CCC2CCN(C(=O)O)CC2)c1F. The van der Waals surface area contributed by atoms with Crippen molar-refractivity contribution in [1.29, 1.82) is 0 Å². The quantitative estimate of drug-likeness (QED) is 0.312. The van der Waals surface area contributed by atoms with E-state index in [0.717, 1.165) is 6.07 Å². The molecule has 3 aromatic rings. The van der Waals surface area contributed by atoms with Crippen molar-refractivity contribution in [3.63, 3.8) is 0 Å².